The minimum atomic E-state index is 0.107. The van der Waals surface area contributed by atoms with Gasteiger partial charge in [0.2, 0.25) is 0 Å². The van der Waals surface area contributed by atoms with Crippen LogP contribution in [-0.4, -0.2) is 0 Å². The van der Waals surface area contributed by atoms with Gasteiger partial charge in [0, 0.05) is 5.30 Å². The summed E-state index contributed by atoms with van der Waals surface area (Å²) in [5, 5.41) is 0.850. The van der Waals surface area contributed by atoms with E-state index in [1.54, 1.807) is 0 Å². The Morgan fingerprint density at radius 1 is 1.10 bits per heavy atom. The van der Waals surface area contributed by atoms with Gasteiger partial charge in [-0.2, -0.15) is 0 Å². The van der Waals surface area contributed by atoms with E-state index in [-0.39, 0.29) is 8.46 Å². The fourth-order valence-corrected chi connectivity index (χ4v) is 1.33. The third-order valence-electron chi connectivity index (χ3n) is 1.62. The zero-order valence-electron chi connectivity index (χ0n) is 5.24. The Bertz CT molecular complexity index is 314. The molecule has 0 spiro atoms. The van der Waals surface area contributed by atoms with Gasteiger partial charge in [0.1, 0.15) is 0 Å². The molecule has 0 radical (unpaired) electrons. The van der Waals surface area contributed by atoms with Crippen molar-refractivity contribution in [2.75, 3.05) is 0 Å². The SMILES string of the molecule is O=Pc1ccc2c(c1)C=C2. The normalized spacial score (nSPS) is 12.8. The number of fused-ring (bicyclic) bond motifs is 1. The van der Waals surface area contributed by atoms with Gasteiger partial charge in [-0.1, -0.05) is 18.2 Å². The highest BCUT2D eigenvalue weighted by Crippen LogP contribution is 2.22. The molecule has 0 atom stereocenters. The van der Waals surface area contributed by atoms with Gasteiger partial charge in [0.05, 0.1) is 0 Å². The van der Waals surface area contributed by atoms with E-state index in [2.05, 4.69) is 0 Å². The average molecular weight is 148 g/mol. The van der Waals surface area contributed by atoms with Crippen LogP contribution >= 0.6 is 8.46 Å². The second-order valence-electron chi connectivity index (χ2n) is 2.24. The van der Waals surface area contributed by atoms with Crippen molar-refractivity contribution in [3.05, 3.63) is 29.3 Å². The standard InChI is InChI=1S/C8H5OP/c9-10-8-4-3-6-1-2-7(6)5-8/h1-5H. The lowest BCUT2D eigenvalue weighted by atomic mass is 9.98. The van der Waals surface area contributed by atoms with Gasteiger partial charge >= 0.3 is 0 Å². The van der Waals surface area contributed by atoms with E-state index in [9.17, 15) is 4.57 Å². The lowest BCUT2D eigenvalue weighted by molar-refractivity contribution is 0.603. The topological polar surface area (TPSA) is 17.1 Å². The Labute approximate surface area is 60.6 Å². The number of benzene rings is 1. The molecular weight excluding hydrogens is 143 g/mol. The van der Waals surface area contributed by atoms with E-state index in [1.165, 1.54) is 11.1 Å². The molecule has 0 aromatic heterocycles. The van der Waals surface area contributed by atoms with E-state index in [0.717, 1.165) is 5.30 Å². The summed E-state index contributed by atoms with van der Waals surface area (Å²) in [7, 11) is 0.107. The lowest BCUT2D eigenvalue weighted by Gasteiger charge is -2.08. The monoisotopic (exact) mass is 148 g/mol. The maximum atomic E-state index is 10.4. The molecule has 0 unspecified atom stereocenters. The molecule has 48 valence electrons. The van der Waals surface area contributed by atoms with Crippen molar-refractivity contribution in [2.45, 2.75) is 0 Å². The van der Waals surface area contributed by atoms with E-state index >= 15 is 0 Å². The van der Waals surface area contributed by atoms with Gasteiger partial charge in [-0.05, 0) is 23.3 Å². The molecule has 1 nitrogen and oxygen atoms in total. The molecule has 1 aromatic carbocycles. The molecule has 2 rings (SSSR count). The van der Waals surface area contributed by atoms with Crippen LogP contribution in [0, 0.1) is 0 Å². The Morgan fingerprint density at radius 3 is 2.40 bits per heavy atom. The van der Waals surface area contributed by atoms with Crippen LogP contribution in [0.5, 0.6) is 0 Å². The van der Waals surface area contributed by atoms with Crippen LogP contribution in [0.1, 0.15) is 11.1 Å². The minimum absolute atomic E-state index is 0.107. The summed E-state index contributed by atoms with van der Waals surface area (Å²) in [6, 6.07) is 5.79. The van der Waals surface area contributed by atoms with E-state index in [4.69, 9.17) is 0 Å². The van der Waals surface area contributed by atoms with Crippen LogP contribution in [-0.2, 0) is 4.57 Å². The largest absolute Gasteiger partial charge is 0.269 e. The van der Waals surface area contributed by atoms with Crippen LogP contribution in [0.3, 0.4) is 0 Å². The predicted molar refractivity (Wildman–Crippen MR) is 42.6 cm³/mol. The summed E-state index contributed by atoms with van der Waals surface area (Å²) in [6.07, 6.45) is 4.06. The van der Waals surface area contributed by atoms with Crippen molar-refractivity contribution in [3.8, 4) is 0 Å². The Hall–Kier alpha value is -0.940. The first-order valence-electron chi connectivity index (χ1n) is 3.05. The molecule has 0 amide bonds. The number of rotatable bonds is 1. The summed E-state index contributed by atoms with van der Waals surface area (Å²) >= 11 is 0. The van der Waals surface area contributed by atoms with Crippen LogP contribution < -0.4 is 5.30 Å². The fourth-order valence-electron chi connectivity index (χ4n) is 0.998. The highest BCUT2D eigenvalue weighted by Gasteiger charge is 2.04. The van der Waals surface area contributed by atoms with Gasteiger partial charge in [0.25, 0.3) is 0 Å². The molecule has 0 fully saturated rings. The van der Waals surface area contributed by atoms with Crippen LogP contribution in [0.25, 0.3) is 12.2 Å². The molecule has 0 saturated carbocycles. The Balaban J connectivity index is 2.56. The highest BCUT2D eigenvalue weighted by molar-refractivity contribution is 7.34. The maximum Gasteiger partial charge on any atom is 0.192 e. The third-order valence-corrected chi connectivity index (χ3v) is 2.11. The van der Waals surface area contributed by atoms with Gasteiger partial charge in [-0.15, -0.1) is 0 Å². The second-order valence-corrected chi connectivity index (χ2v) is 2.94. The number of hydrogen-bond donors (Lipinski definition) is 0. The number of hydrogen-bond acceptors (Lipinski definition) is 1. The van der Waals surface area contributed by atoms with Gasteiger partial charge in [-0.3, -0.25) is 4.57 Å². The van der Waals surface area contributed by atoms with Gasteiger partial charge < -0.3 is 0 Å². The maximum absolute atomic E-state index is 10.4. The van der Waals surface area contributed by atoms with E-state index in [0.29, 0.717) is 0 Å². The van der Waals surface area contributed by atoms with Crippen molar-refractivity contribution in [1.82, 2.24) is 0 Å². The summed E-state index contributed by atoms with van der Waals surface area (Å²) in [6.45, 7) is 0. The second kappa shape index (κ2) is 2.03. The van der Waals surface area contributed by atoms with Gasteiger partial charge in [0.15, 0.2) is 8.46 Å². The molecule has 2 heteroatoms. The molecule has 10 heavy (non-hydrogen) atoms. The third kappa shape index (κ3) is 0.714. The summed E-state index contributed by atoms with van der Waals surface area (Å²) in [5.41, 5.74) is 2.44. The minimum Gasteiger partial charge on any atom is -0.269 e. The molecule has 1 aliphatic rings. The van der Waals surface area contributed by atoms with Crippen molar-refractivity contribution >= 4 is 25.9 Å². The average Bonchev–Trinajstić information content (AvgIpc) is 1.92. The first-order chi connectivity index (χ1) is 4.90. The molecule has 1 aromatic rings. The van der Waals surface area contributed by atoms with Gasteiger partial charge in [-0.25, -0.2) is 0 Å². The quantitative estimate of drug-likeness (QED) is 0.566. The fraction of sp³-hybridized carbons (Fsp3) is 0. The Kier molecular flexibility index (Phi) is 1.18. The molecule has 1 aliphatic carbocycles. The molecule has 0 N–H and O–H groups in total. The van der Waals surface area contributed by atoms with E-state index < -0.39 is 0 Å². The molecule has 0 bridgehead atoms. The highest BCUT2D eigenvalue weighted by atomic mass is 31.1. The molecular formula is C8H5OP. The van der Waals surface area contributed by atoms with Crippen molar-refractivity contribution in [3.63, 3.8) is 0 Å². The molecule has 0 heterocycles. The van der Waals surface area contributed by atoms with Crippen molar-refractivity contribution in [2.24, 2.45) is 0 Å². The zero-order valence-corrected chi connectivity index (χ0v) is 6.14. The van der Waals surface area contributed by atoms with Crippen LogP contribution in [0.4, 0.5) is 0 Å². The zero-order chi connectivity index (χ0) is 6.97. The Morgan fingerprint density at radius 2 is 1.90 bits per heavy atom. The first-order valence-corrected chi connectivity index (χ1v) is 3.87. The van der Waals surface area contributed by atoms with Crippen molar-refractivity contribution < 1.29 is 4.57 Å². The smallest absolute Gasteiger partial charge is 0.192 e. The lowest BCUT2D eigenvalue weighted by Crippen LogP contribution is -1.97. The summed E-state index contributed by atoms with van der Waals surface area (Å²) in [5.74, 6) is 0. The van der Waals surface area contributed by atoms with Crippen LogP contribution in [0.15, 0.2) is 18.2 Å². The molecule has 0 saturated heterocycles. The predicted octanol–water partition coefficient (Wildman–Crippen LogP) is 2.09. The first kappa shape index (κ1) is 5.82. The molecule has 0 aliphatic heterocycles. The van der Waals surface area contributed by atoms with Crippen molar-refractivity contribution in [1.29, 1.82) is 0 Å². The van der Waals surface area contributed by atoms with E-state index in [1.807, 2.05) is 30.4 Å². The van der Waals surface area contributed by atoms with Crippen LogP contribution in [0.2, 0.25) is 0 Å². The summed E-state index contributed by atoms with van der Waals surface area (Å²) < 4.78 is 10.4. The summed E-state index contributed by atoms with van der Waals surface area (Å²) in [4.78, 5) is 0.